The number of halogens is 1. The quantitative estimate of drug-likeness (QED) is 0.698. The molecule has 1 aromatic carbocycles. The standard InChI is InChI=1S/C15H24FNO/c1-12(11-18)4-3-9-17-13(2)10-14-5-7-15(16)8-6-14/h5-8,12-13,17-18H,3-4,9-11H2,1-2H3. The molecule has 0 bridgehead atoms. The zero-order valence-electron chi connectivity index (χ0n) is 11.3. The summed E-state index contributed by atoms with van der Waals surface area (Å²) >= 11 is 0. The molecule has 0 saturated heterocycles. The third kappa shape index (κ3) is 6.12. The maximum absolute atomic E-state index is 12.7. The van der Waals surface area contributed by atoms with Crippen LogP contribution in [-0.4, -0.2) is 24.3 Å². The Hall–Kier alpha value is -0.930. The van der Waals surface area contributed by atoms with Crippen LogP contribution in [0, 0.1) is 11.7 Å². The summed E-state index contributed by atoms with van der Waals surface area (Å²) in [6.07, 6.45) is 3.04. The lowest BCUT2D eigenvalue weighted by Gasteiger charge is -2.14. The molecule has 3 heteroatoms. The lowest BCUT2D eigenvalue weighted by atomic mass is 10.1. The maximum atomic E-state index is 12.7. The first-order chi connectivity index (χ1) is 8.61. The highest BCUT2D eigenvalue weighted by Crippen LogP contribution is 2.06. The van der Waals surface area contributed by atoms with Crippen molar-refractivity contribution in [2.75, 3.05) is 13.2 Å². The molecule has 1 aromatic rings. The largest absolute Gasteiger partial charge is 0.396 e. The van der Waals surface area contributed by atoms with Crippen LogP contribution in [0.5, 0.6) is 0 Å². The molecule has 18 heavy (non-hydrogen) atoms. The summed E-state index contributed by atoms with van der Waals surface area (Å²) in [5.41, 5.74) is 1.15. The van der Waals surface area contributed by atoms with E-state index in [1.807, 2.05) is 12.1 Å². The Morgan fingerprint density at radius 1 is 1.22 bits per heavy atom. The van der Waals surface area contributed by atoms with Crippen LogP contribution in [-0.2, 0) is 6.42 Å². The van der Waals surface area contributed by atoms with Gasteiger partial charge in [-0.05, 0) is 56.3 Å². The number of rotatable bonds is 8. The monoisotopic (exact) mass is 253 g/mol. The molecule has 0 aliphatic rings. The van der Waals surface area contributed by atoms with Gasteiger partial charge in [0.05, 0.1) is 0 Å². The van der Waals surface area contributed by atoms with Gasteiger partial charge in [0.1, 0.15) is 5.82 Å². The van der Waals surface area contributed by atoms with Crippen LogP contribution in [0.1, 0.15) is 32.3 Å². The third-order valence-electron chi connectivity index (χ3n) is 3.13. The van der Waals surface area contributed by atoms with E-state index < -0.39 is 0 Å². The molecule has 0 aromatic heterocycles. The second-order valence-corrected chi connectivity index (χ2v) is 5.12. The van der Waals surface area contributed by atoms with Crippen molar-refractivity contribution in [1.82, 2.24) is 5.32 Å². The number of aliphatic hydroxyl groups excluding tert-OH is 1. The lowest BCUT2D eigenvalue weighted by Crippen LogP contribution is -2.29. The van der Waals surface area contributed by atoms with Gasteiger partial charge in [0.2, 0.25) is 0 Å². The lowest BCUT2D eigenvalue weighted by molar-refractivity contribution is 0.227. The predicted molar refractivity (Wildman–Crippen MR) is 73.1 cm³/mol. The zero-order chi connectivity index (χ0) is 13.4. The average molecular weight is 253 g/mol. The molecule has 0 spiro atoms. The highest BCUT2D eigenvalue weighted by molar-refractivity contribution is 5.16. The van der Waals surface area contributed by atoms with E-state index in [4.69, 9.17) is 5.11 Å². The van der Waals surface area contributed by atoms with Gasteiger partial charge in [0, 0.05) is 12.6 Å². The fraction of sp³-hybridized carbons (Fsp3) is 0.600. The number of hydrogen-bond donors (Lipinski definition) is 2. The number of aliphatic hydroxyl groups is 1. The SMILES string of the molecule is CC(CO)CCCNC(C)Cc1ccc(F)cc1. The van der Waals surface area contributed by atoms with E-state index in [9.17, 15) is 4.39 Å². The van der Waals surface area contributed by atoms with Gasteiger partial charge in [0.25, 0.3) is 0 Å². The van der Waals surface area contributed by atoms with Gasteiger partial charge in [-0.2, -0.15) is 0 Å². The topological polar surface area (TPSA) is 32.3 Å². The summed E-state index contributed by atoms with van der Waals surface area (Å²) in [4.78, 5) is 0. The van der Waals surface area contributed by atoms with Crippen LogP contribution in [0.4, 0.5) is 4.39 Å². The fourth-order valence-corrected chi connectivity index (χ4v) is 1.94. The molecule has 2 nitrogen and oxygen atoms in total. The maximum Gasteiger partial charge on any atom is 0.123 e. The van der Waals surface area contributed by atoms with Crippen molar-refractivity contribution < 1.29 is 9.50 Å². The van der Waals surface area contributed by atoms with Gasteiger partial charge < -0.3 is 10.4 Å². The smallest absolute Gasteiger partial charge is 0.123 e. The van der Waals surface area contributed by atoms with E-state index >= 15 is 0 Å². The molecule has 2 N–H and O–H groups in total. The van der Waals surface area contributed by atoms with Crippen molar-refractivity contribution in [1.29, 1.82) is 0 Å². The van der Waals surface area contributed by atoms with Gasteiger partial charge in [-0.15, -0.1) is 0 Å². The molecule has 0 saturated carbocycles. The van der Waals surface area contributed by atoms with E-state index in [2.05, 4.69) is 19.2 Å². The molecule has 2 unspecified atom stereocenters. The Kier molecular flexibility index (Phi) is 6.91. The zero-order valence-corrected chi connectivity index (χ0v) is 11.3. The number of nitrogens with one attached hydrogen (secondary N) is 1. The van der Waals surface area contributed by atoms with Crippen molar-refractivity contribution in [3.05, 3.63) is 35.6 Å². The van der Waals surface area contributed by atoms with E-state index in [-0.39, 0.29) is 12.4 Å². The van der Waals surface area contributed by atoms with Crippen molar-refractivity contribution in [2.45, 2.75) is 39.2 Å². The second-order valence-electron chi connectivity index (χ2n) is 5.12. The second kappa shape index (κ2) is 8.22. The van der Waals surface area contributed by atoms with E-state index in [0.29, 0.717) is 12.0 Å². The molecule has 0 amide bonds. The summed E-state index contributed by atoms with van der Waals surface area (Å²) in [5, 5.41) is 12.4. The molecule has 102 valence electrons. The van der Waals surface area contributed by atoms with Gasteiger partial charge in [-0.3, -0.25) is 0 Å². The van der Waals surface area contributed by atoms with Crippen LogP contribution in [0.25, 0.3) is 0 Å². The molecular weight excluding hydrogens is 229 g/mol. The van der Waals surface area contributed by atoms with Crippen LogP contribution >= 0.6 is 0 Å². The minimum Gasteiger partial charge on any atom is -0.396 e. The van der Waals surface area contributed by atoms with Crippen molar-refractivity contribution in [3.63, 3.8) is 0 Å². The highest BCUT2D eigenvalue weighted by Gasteiger charge is 2.04. The number of hydrogen-bond acceptors (Lipinski definition) is 2. The molecule has 0 aliphatic heterocycles. The van der Waals surface area contributed by atoms with Crippen molar-refractivity contribution in [3.8, 4) is 0 Å². The summed E-state index contributed by atoms with van der Waals surface area (Å²) in [7, 11) is 0. The van der Waals surface area contributed by atoms with Gasteiger partial charge in [-0.25, -0.2) is 4.39 Å². The van der Waals surface area contributed by atoms with Crippen molar-refractivity contribution >= 4 is 0 Å². The number of benzene rings is 1. The highest BCUT2D eigenvalue weighted by atomic mass is 19.1. The normalized spacial score (nSPS) is 14.4. The molecule has 2 atom stereocenters. The summed E-state index contributed by atoms with van der Waals surface area (Å²) in [6.45, 7) is 5.43. The minimum absolute atomic E-state index is 0.183. The van der Waals surface area contributed by atoms with E-state index in [1.54, 1.807) is 0 Å². The molecule has 0 radical (unpaired) electrons. The molecule has 0 fully saturated rings. The molecule has 1 rings (SSSR count). The predicted octanol–water partition coefficient (Wildman–Crippen LogP) is 2.75. The van der Waals surface area contributed by atoms with Gasteiger partial charge >= 0.3 is 0 Å². The minimum atomic E-state index is -0.183. The van der Waals surface area contributed by atoms with Gasteiger partial charge in [0.15, 0.2) is 0 Å². The van der Waals surface area contributed by atoms with Crippen LogP contribution in [0.15, 0.2) is 24.3 Å². The summed E-state index contributed by atoms with van der Waals surface area (Å²) < 4.78 is 12.7. The van der Waals surface area contributed by atoms with Gasteiger partial charge in [-0.1, -0.05) is 19.1 Å². The molecular formula is C15H24FNO. The van der Waals surface area contributed by atoms with Crippen LogP contribution in [0.3, 0.4) is 0 Å². The van der Waals surface area contributed by atoms with E-state index in [1.165, 1.54) is 12.1 Å². The first-order valence-electron chi connectivity index (χ1n) is 6.70. The Bertz CT molecular complexity index is 326. The first kappa shape index (κ1) is 15.1. The van der Waals surface area contributed by atoms with Crippen molar-refractivity contribution in [2.24, 2.45) is 5.92 Å². The fourth-order valence-electron chi connectivity index (χ4n) is 1.94. The Labute approximate surface area is 109 Å². The van der Waals surface area contributed by atoms with E-state index in [0.717, 1.165) is 31.4 Å². The van der Waals surface area contributed by atoms with Crippen LogP contribution in [0.2, 0.25) is 0 Å². The Balaban J connectivity index is 2.17. The summed E-state index contributed by atoms with van der Waals surface area (Å²) in [6, 6.07) is 7.07. The molecule has 0 aliphatic carbocycles. The Morgan fingerprint density at radius 3 is 2.50 bits per heavy atom. The van der Waals surface area contributed by atoms with Crippen LogP contribution < -0.4 is 5.32 Å². The summed E-state index contributed by atoms with van der Waals surface area (Å²) in [5.74, 6) is 0.205. The third-order valence-corrected chi connectivity index (χ3v) is 3.13. The average Bonchev–Trinajstić information content (AvgIpc) is 2.37. The Morgan fingerprint density at radius 2 is 1.89 bits per heavy atom. The first-order valence-corrected chi connectivity index (χ1v) is 6.70. The molecule has 0 heterocycles.